The van der Waals surface area contributed by atoms with E-state index in [0.717, 1.165) is 38.0 Å². The van der Waals surface area contributed by atoms with Crippen molar-refractivity contribution in [2.24, 2.45) is 4.99 Å². The van der Waals surface area contributed by atoms with Gasteiger partial charge in [0.25, 0.3) is 0 Å². The molecule has 0 bridgehead atoms. The number of likely N-dealkylation sites (tertiary alicyclic amines) is 1. The van der Waals surface area contributed by atoms with E-state index in [1.165, 1.54) is 18.2 Å². The van der Waals surface area contributed by atoms with Crippen molar-refractivity contribution in [2.45, 2.75) is 39.0 Å². The summed E-state index contributed by atoms with van der Waals surface area (Å²) in [5, 5.41) is 6.29. The Bertz CT molecular complexity index is 665. The molecule has 0 amide bonds. The SMILES string of the molecule is C=C(C)CN1CCC(NC(=NC)NCc2c(F)cccc2OC(F)F)CC1.I. The number of benzene rings is 1. The van der Waals surface area contributed by atoms with Crippen LogP contribution in [0.3, 0.4) is 0 Å². The van der Waals surface area contributed by atoms with Gasteiger partial charge in [0, 0.05) is 44.8 Å². The molecule has 1 saturated heterocycles. The van der Waals surface area contributed by atoms with Gasteiger partial charge in [0.15, 0.2) is 5.96 Å². The molecule has 0 aliphatic carbocycles. The van der Waals surface area contributed by atoms with Crippen molar-refractivity contribution in [1.82, 2.24) is 15.5 Å². The number of ether oxygens (including phenoxy) is 1. The molecule has 9 heteroatoms. The van der Waals surface area contributed by atoms with Gasteiger partial charge in [-0.25, -0.2) is 4.39 Å². The van der Waals surface area contributed by atoms with Crippen molar-refractivity contribution >= 4 is 29.9 Å². The van der Waals surface area contributed by atoms with Crippen molar-refractivity contribution in [2.75, 3.05) is 26.7 Å². The molecule has 2 N–H and O–H groups in total. The number of nitrogens with one attached hydrogen (secondary N) is 2. The molecule has 1 aliphatic heterocycles. The molecular formula is C19H28F3IN4O. The largest absolute Gasteiger partial charge is 0.434 e. The Hall–Kier alpha value is -1.49. The molecule has 2 rings (SSSR count). The minimum atomic E-state index is -3.01. The topological polar surface area (TPSA) is 48.9 Å². The Morgan fingerprint density at radius 3 is 2.61 bits per heavy atom. The highest BCUT2D eigenvalue weighted by molar-refractivity contribution is 14.0. The summed E-state index contributed by atoms with van der Waals surface area (Å²) in [6.07, 6.45) is 1.90. The Morgan fingerprint density at radius 1 is 1.36 bits per heavy atom. The summed E-state index contributed by atoms with van der Waals surface area (Å²) >= 11 is 0. The van der Waals surface area contributed by atoms with Crippen LogP contribution in [0.15, 0.2) is 35.3 Å². The maximum Gasteiger partial charge on any atom is 0.387 e. The first-order chi connectivity index (χ1) is 12.9. The number of halogens is 4. The van der Waals surface area contributed by atoms with Crippen LogP contribution in [0.5, 0.6) is 5.75 Å². The first-order valence-electron chi connectivity index (χ1n) is 8.95. The van der Waals surface area contributed by atoms with Crippen LogP contribution in [-0.4, -0.2) is 50.2 Å². The minimum Gasteiger partial charge on any atom is -0.434 e. The third-order valence-corrected chi connectivity index (χ3v) is 4.37. The minimum absolute atomic E-state index is 0. The summed E-state index contributed by atoms with van der Waals surface area (Å²) < 4.78 is 43.4. The molecule has 0 spiro atoms. The Kier molecular flexibility index (Phi) is 10.7. The Balaban J connectivity index is 0.00000392. The zero-order valence-electron chi connectivity index (χ0n) is 16.2. The van der Waals surface area contributed by atoms with Crippen LogP contribution < -0.4 is 15.4 Å². The quantitative estimate of drug-likeness (QED) is 0.253. The number of guanidine groups is 1. The van der Waals surface area contributed by atoms with E-state index in [4.69, 9.17) is 0 Å². The summed E-state index contributed by atoms with van der Waals surface area (Å²) in [7, 11) is 1.61. The molecule has 158 valence electrons. The van der Waals surface area contributed by atoms with Crippen LogP contribution in [0, 0.1) is 5.82 Å². The third-order valence-electron chi connectivity index (χ3n) is 4.37. The van der Waals surface area contributed by atoms with Gasteiger partial charge < -0.3 is 15.4 Å². The average molecular weight is 512 g/mol. The molecule has 1 aromatic rings. The molecule has 0 atom stereocenters. The zero-order chi connectivity index (χ0) is 19.8. The summed E-state index contributed by atoms with van der Waals surface area (Å²) in [6.45, 7) is 5.76. The predicted molar refractivity (Wildman–Crippen MR) is 116 cm³/mol. The average Bonchev–Trinajstić information content (AvgIpc) is 2.60. The standard InChI is InChI=1S/C19H27F3N4O.HI/c1-13(2)12-26-9-7-14(8-10-26)25-19(23-3)24-11-15-16(20)5-4-6-17(15)27-18(21)22;/h4-6,14,18H,1,7-12H2,2-3H3,(H2,23,24,25);1H. The second-order valence-electron chi connectivity index (χ2n) is 6.67. The van der Waals surface area contributed by atoms with Gasteiger partial charge in [-0.15, -0.1) is 24.0 Å². The molecule has 0 saturated carbocycles. The van der Waals surface area contributed by atoms with Gasteiger partial charge in [0.2, 0.25) is 0 Å². The Morgan fingerprint density at radius 2 is 2.04 bits per heavy atom. The monoisotopic (exact) mass is 512 g/mol. The van der Waals surface area contributed by atoms with E-state index < -0.39 is 12.4 Å². The van der Waals surface area contributed by atoms with Crippen LogP contribution in [0.1, 0.15) is 25.3 Å². The Labute approximate surface area is 181 Å². The molecular weight excluding hydrogens is 484 g/mol. The summed E-state index contributed by atoms with van der Waals surface area (Å²) in [4.78, 5) is 6.49. The number of aliphatic imine (C=N–C) groups is 1. The van der Waals surface area contributed by atoms with E-state index in [2.05, 4.69) is 31.8 Å². The van der Waals surface area contributed by atoms with E-state index in [1.54, 1.807) is 7.05 Å². The number of piperidine rings is 1. The third kappa shape index (κ3) is 7.86. The van der Waals surface area contributed by atoms with Gasteiger partial charge >= 0.3 is 6.61 Å². The van der Waals surface area contributed by atoms with E-state index in [9.17, 15) is 13.2 Å². The lowest BCUT2D eigenvalue weighted by Crippen LogP contribution is -2.48. The fourth-order valence-electron chi connectivity index (χ4n) is 3.09. The van der Waals surface area contributed by atoms with Crippen molar-refractivity contribution in [3.8, 4) is 5.75 Å². The normalized spacial score (nSPS) is 15.9. The smallest absolute Gasteiger partial charge is 0.387 e. The van der Waals surface area contributed by atoms with Crippen LogP contribution in [-0.2, 0) is 6.54 Å². The number of rotatable bonds is 7. The van der Waals surface area contributed by atoms with Crippen LogP contribution in [0.25, 0.3) is 0 Å². The summed E-state index contributed by atoms with van der Waals surface area (Å²) in [6, 6.07) is 4.11. The zero-order valence-corrected chi connectivity index (χ0v) is 18.5. The van der Waals surface area contributed by atoms with Crippen molar-refractivity contribution in [3.63, 3.8) is 0 Å². The second kappa shape index (κ2) is 12.2. The molecule has 1 aliphatic rings. The molecule has 28 heavy (non-hydrogen) atoms. The van der Waals surface area contributed by atoms with E-state index in [0.29, 0.717) is 5.96 Å². The first-order valence-corrected chi connectivity index (χ1v) is 8.95. The van der Waals surface area contributed by atoms with Crippen LogP contribution in [0.2, 0.25) is 0 Å². The van der Waals surface area contributed by atoms with Crippen molar-refractivity contribution < 1.29 is 17.9 Å². The first kappa shape index (κ1) is 24.5. The second-order valence-corrected chi connectivity index (χ2v) is 6.67. The lowest BCUT2D eigenvalue weighted by atomic mass is 10.0. The molecule has 1 heterocycles. The number of hydrogen-bond donors (Lipinski definition) is 2. The molecule has 5 nitrogen and oxygen atoms in total. The fraction of sp³-hybridized carbons (Fsp3) is 0.526. The van der Waals surface area contributed by atoms with Gasteiger partial charge in [-0.05, 0) is 31.9 Å². The van der Waals surface area contributed by atoms with Gasteiger partial charge in [-0.1, -0.05) is 18.2 Å². The van der Waals surface area contributed by atoms with Gasteiger partial charge in [-0.3, -0.25) is 9.89 Å². The molecule has 1 fully saturated rings. The van der Waals surface area contributed by atoms with Crippen molar-refractivity contribution in [3.05, 3.63) is 41.7 Å². The van der Waals surface area contributed by atoms with Crippen LogP contribution >= 0.6 is 24.0 Å². The van der Waals surface area contributed by atoms with Crippen molar-refractivity contribution in [1.29, 1.82) is 0 Å². The summed E-state index contributed by atoms with van der Waals surface area (Å²) in [5.74, 6) is -0.287. The highest BCUT2D eigenvalue weighted by Crippen LogP contribution is 2.23. The number of alkyl halides is 2. The predicted octanol–water partition coefficient (Wildman–Crippen LogP) is 3.75. The number of hydrogen-bond acceptors (Lipinski definition) is 3. The highest BCUT2D eigenvalue weighted by atomic mass is 127. The lowest BCUT2D eigenvalue weighted by Gasteiger charge is -2.33. The van der Waals surface area contributed by atoms with Gasteiger partial charge in [0.05, 0.1) is 0 Å². The molecule has 1 aromatic carbocycles. The maximum absolute atomic E-state index is 14.0. The number of nitrogens with zero attached hydrogens (tertiary/aromatic N) is 2. The molecule has 0 aromatic heterocycles. The molecule has 0 radical (unpaired) electrons. The van der Waals surface area contributed by atoms with Crippen LogP contribution in [0.4, 0.5) is 13.2 Å². The van der Waals surface area contributed by atoms with E-state index >= 15 is 0 Å². The highest BCUT2D eigenvalue weighted by Gasteiger charge is 2.20. The maximum atomic E-state index is 14.0. The fourth-order valence-corrected chi connectivity index (χ4v) is 3.09. The van der Waals surface area contributed by atoms with E-state index in [-0.39, 0.29) is 47.9 Å². The van der Waals surface area contributed by atoms with Gasteiger partial charge in [0.1, 0.15) is 11.6 Å². The van der Waals surface area contributed by atoms with E-state index in [1.807, 2.05) is 6.92 Å². The summed E-state index contributed by atoms with van der Waals surface area (Å²) in [5.41, 5.74) is 1.18. The van der Waals surface area contributed by atoms with Gasteiger partial charge in [-0.2, -0.15) is 8.78 Å². The molecule has 0 unspecified atom stereocenters. The lowest BCUT2D eigenvalue weighted by molar-refractivity contribution is -0.0506.